The van der Waals surface area contributed by atoms with E-state index in [-0.39, 0.29) is 0 Å². The SMILES string of the molecule is [CH2]CCCC#COCCC. The van der Waals surface area contributed by atoms with Gasteiger partial charge in [0, 0.05) is 6.42 Å². The normalized spacial score (nSPS) is 8.20. The maximum absolute atomic E-state index is 4.95. The monoisotopic (exact) mass is 139 g/mol. The largest absolute Gasteiger partial charge is 0.447 e. The Labute approximate surface area is 63.8 Å². The lowest BCUT2D eigenvalue weighted by Crippen LogP contribution is -1.82. The fourth-order valence-electron chi connectivity index (χ4n) is 0.469. The number of hydrogen-bond donors (Lipinski definition) is 0. The number of hydrogen-bond acceptors (Lipinski definition) is 1. The van der Waals surface area contributed by atoms with Crippen molar-refractivity contribution in [3.05, 3.63) is 6.92 Å². The van der Waals surface area contributed by atoms with Crippen LogP contribution in [-0.4, -0.2) is 6.61 Å². The first kappa shape index (κ1) is 9.36. The molecule has 0 aliphatic heterocycles. The summed E-state index contributed by atoms with van der Waals surface area (Å²) in [6.45, 7) is 6.53. The van der Waals surface area contributed by atoms with Crippen LogP contribution in [0.2, 0.25) is 0 Å². The molecule has 0 aromatic carbocycles. The van der Waals surface area contributed by atoms with Crippen LogP contribution >= 0.6 is 0 Å². The summed E-state index contributed by atoms with van der Waals surface area (Å²) in [6, 6.07) is 0. The summed E-state index contributed by atoms with van der Waals surface area (Å²) in [5.74, 6) is 2.91. The third-order valence-corrected chi connectivity index (χ3v) is 1.00. The van der Waals surface area contributed by atoms with Gasteiger partial charge in [0.25, 0.3) is 0 Å². The van der Waals surface area contributed by atoms with Crippen LogP contribution in [0.1, 0.15) is 32.6 Å². The van der Waals surface area contributed by atoms with Crippen LogP contribution in [-0.2, 0) is 4.74 Å². The summed E-state index contributed by atoms with van der Waals surface area (Å²) in [6.07, 6.45) is 6.62. The molecule has 0 aliphatic carbocycles. The fraction of sp³-hybridized carbons (Fsp3) is 0.667. The van der Waals surface area contributed by atoms with E-state index in [1.165, 1.54) is 0 Å². The summed E-state index contributed by atoms with van der Waals surface area (Å²) in [5.41, 5.74) is 0. The van der Waals surface area contributed by atoms with E-state index in [9.17, 15) is 0 Å². The molecule has 0 aliphatic rings. The molecule has 0 heterocycles. The van der Waals surface area contributed by atoms with E-state index in [2.05, 4.69) is 25.9 Å². The van der Waals surface area contributed by atoms with Gasteiger partial charge in [-0.15, -0.1) is 0 Å². The van der Waals surface area contributed by atoms with E-state index < -0.39 is 0 Å². The zero-order chi connectivity index (χ0) is 7.66. The van der Waals surface area contributed by atoms with Gasteiger partial charge in [-0.1, -0.05) is 26.2 Å². The van der Waals surface area contributed by atoms with Crippen molar-refractivity contribution in [1.29, 1.82) is 0 Å². The van der Waals surface area contributed by atoms with Gasteiger partial charge >= 0.3 is 0 Å². The van der Waals surface area contributed by atoms with Gasteiger partial charge in [0.1, 0.15) is 6.11 Å². The van der Waals surface area contributed by atoms with Crippen molar-refractivity contribution in [2.75, 3.05) is 6.61 Å². The van der Waals surface area contributed by atoms with Gasteiger partial charge in [-0.25, -0.2) is 0 Å². The molecule has 1 radical (unpaired) electrons. The molecule has 57 valence electrons. The van der Waals surface area contributed by atoms with Crippen molar-refractivity contribution in [3.8, 4) is 12.0 Å². The molecule has 0 saturated heterocycles. The van der Waals surface area contributed by atoms with E-state index in [1.807, 2.05) is 0 Å². The van der Waals surface area contributed by atoms with Crippen LogP contribution in [0.15, 0.2) is 0 Å². The second-order valence-electron chi connectivity index (χ2n) is 2.08. The first-order valence-corrected chi connectivity index (χ1v) is 3.80. The second-order valence-corrected chi connectivity index (χ2v) is 2.08. The van der Waals surface area contributed by atoms with Crippen LogP contribution in [0.3, 0.4) is 0 Å². The number of unbranched alkanes of at least 4 members (excludes halogenated alkanes) is 2. The summed E-state index contributed by atoms with van der Waals surface area (Å²) in [5, 5.41) is 0. The minimum Gasteiger partial charge on any atom is -0.447 e. The molecule has 0 spiro atoms. The zero-order valence-corrected chi connectivity index (χ0v) is 6.65. The van der Waals surface area contributed by atoms with Gasteiger partial charge in [0.05, 0.1) is 6.61 Å². The smallest absolute Gasteiger partial charge is 0.110 e. The Balaban J connectivity index is 2.98. The molecular weight excluding hydrogens is 124 g/mol. The molecule has 0 N–H and O–H groups in total. The quantitative estimate of drug-likeness (QED) is 0.429. The highest BCUT2D eigenvalue weighted by molar-refractivity contribution is 4.90. The van der Waals surface area contributed by atoms with Crippen LogP contribution in [0.4, 0.5) is 0 Å². The molecule has 1 nitrogen and oxygen atoms in total. The summed E-state index contributed by atoms with van der Waals surface area (Å²) < 4.78 is 4.95. The minimum absolute atomic E-state index is 0.747. The first-order chi connectivity index (χ1) is 4.91. The molecule has 10 heavy (non-hydrogen) atoms. The molecule has 0 rings (SSSR count). The topological polar surface area (TPSA) is 9.23 Å². The molecule has 1 heteroatoms. The fourth-order valence-corrected chi connectivity index (χ4v) is 0.469. The standard InChI is InChI=1S/C9H15O/c1-3-5-6-7-9-10-8-4-2/h1,3-6,8H2,2H3. The Kier molecular flexibility index (Phi) is 7.82. The van der Waals surface area contributed by atoms with Gasteiger partial charge in [-0.05, 0) is 12.8 Å². The van der Waals surface area contributed by atoms with Crippen molar-refractivity contribution in [1.82, 2.24) is 0 Å². The average Bonchev–Trinajstić information content (AvgIpc) is 1.97. The van der Waals surface area contributed by atoms with E-state index in [4.69, 9.17) is 4.74 Å². The van der Waals surface area contributed by atoms with Gasteiger partial charge < -0.3 is 4.74 Å². The van der Waals surface area contributed by atoms with Crippen molar-refractivity contribution in [2.45, 2.75) is 32.6 Å². The lowest BCUT2D eigenvalue weighted by molar-refractivity contribution is 0.277. The molecule has 0 aromatic heterocycles. The number of rotatable bonds is 4. The molecule has 0 atom stereocenters. The Bertz CT molecular complexity index is 95.6. The predicted molar refractivity (Wildman–Crippen MR) is 43.2 cm³/mol. The maximum Gasteiger partial charge on any atom is 0.110 e. The summed E-state index contributed by atoms with van der Waals surface area (Å²) in [7, 11) is 0. The zero-order valence-electron chi connectivity index (χ0n) is 6.65. The Morgan fingerprint density at radius 1 is 1.50 bits per heavy atom. The Hall–Kier alpha value is -0.640. The average molecular weight is 139 g/mol. The van der Waals surface area contributed by atoms with E-state index >= 15 is 0 Å². The molecule has 0 amide bonds. The highest BCUT2D eigenvalue weighted by atomic mass is 16.5. The highest BCUT2D eigenvalue weighted by Crippen LogP contribution is 1.89. The summed E-state index contributed by atoms with van der Waals surface area (Å²) >= 11 is 0. The van der Waals surface area contributed by atoms with Crippen LogP contribution in [0, 0.1) is 19.0 Å². The van der Waals surface area contributed by atoms with Crippen LogP contribution in [0.25, 0.3) is 0 Å². The molecule has 0 bridgehead atoms. The Morgan fingerprint density at radius 3 is 2.90 bits per heavy atom. The third-order valence-electron chi connectivity index (χ3n) is 1.00. The van der Waals surface area contributed by atoms with E-state index in [0.29, 0.717) is 0 Å². The van der Waals surface area contributed by atoms with Gasteiger partial charge in [0.15, 0.2) is 0 Å². The number of ether oxygens (including phenoxy) is 1. The molecular formula is C9H15O. The third kappa shape index (κ3) is 7.36. The van der Waals surface area contributed by atoms with Crippen LogP contribution in [0.5, 0.6) is 0 Å². The van der Waals surface area contributed by atoms with Crippen LogP contribution < -0.4 is 0 Å². The van der Waals surface area contributed by atoms with Gasteiger partial charge in [-0.2, -0.15) is 0 Å². The molecule has 0 aromatic rings. The maximum atomic E-state index is 4.95. The minimum atomic E-state index is 0.747. The predicted octanol–water partition coefficient (Wildman–Crippen LogP) is 2.38. The van der Waals surface area contributed by atoms with Gasteiger partial charge in [0.2, 0.25) is 0 Å². The van der Waals surface area contributed by atoms with Gasteiger partial charge in [-0.3, -0.25) is 0 Å². The summed E-state index contributed by atoms with van der Waals surface area (Å²) in [4.78, 5) is 0. The van der Waals surface area contributed by atoms with Crippen molar-refractivity contribution >= 4 is 0 Å². The highest BCUT2D eigenvalue weighted by Gasteiger charge is 1.77. The second kappa shape index (κ2) is 8.36. The van der Waals surface area contributed by atoms with E-state index in [1.54, 1.807) is 0 Å². The van der Waals surface area contributed by atoms with E-state index in [0.717, 1.165) is 32.3 Å². The van der Waals surface area contributed by atoms with Crippen molar-refractivity contribution in [3.63, 3.8) is 0 Å². The lowest BCUT2D eigenvalue weighted by Gasteiger charge is -1.89. The molecule has 0 fully saturated rings. The lowest BCUT2D eigenvalue weighted by atomic mass is 10.3. The van der Waals surface area contributed by atoms with Crippen molar-refractivity contribution in [2.24, 2.45) is 0 Å². The first-order valence-electron chi connectivity index (χ1n) is 3.80. The Morgan fingerprint density at radius 2 is 2.30 bits per heavy atom. The molecule has 0 saturated carbocycles. The van der Waals surface area contributed by atoms with Crippen molar-refractivity contribution < 1.29 is 4.74 Å². The molecule has 0 unspecified atom stereocenters.